The third-order valence-corrected chi connectivity index (χ3v) is 7.52. The van der Waals surface area contributed by atoms with Crippen LogP contribution in [0.5, 0.6) is 0 Å². The Kier molecular flexibility index (Phi) is 14.9. The van der Waals surface area contributed by atoms with E-state index >= 15 is 0 Å². The van der Waals surface area contributed by atoms with Crippen LogP contribution in [0, 0.1) is 23.7 Å². The molecule has 0 aliphatic carbocycles. The predicted octanol–water partition coefficient (Wildman–Crippen LogP) is 0.867. The number of rotatable bonds is 16. The molecule has 0 fully saturated rings. The summed E-state index contributed by atoms with van der Waals surface area (Å²) >= 11 is 0. The molecule has 6 atom stereocenters. The highest BCUT2D eigenvalue weighted by atomic mass is 32.2. The van der Waals surface area contributed by atoms with Gasteiger partial charge in [0.1, 0.15) is 24.2 Å². The van der Waals surface area contributed by atoms with Gasteiger partial charge in [-0.25, -0.2) is 9.59 Å². The lowest BCUT2D eigenvalue weighted by Gasteiger charge is -2.29. The minimum Gasteiger partial charge on any atom is -0.467 e. The zero-order valence-corrected chi connectivity index (χ0v) is 24.5. The van der Waals surface area contributed by atoms with E-state index in [4.69, 9.17) is 9.47 Å². The molecule has 0 aromatic rings. The second-order valence-corrected chi connectivity index (χ2v) is 11.5. The minimum absolute atomic E-state index is 0.249. The highest BCUT2D eigenvalue weighted by molar-refractivity contribution is 7.87. The number of carbonyl (C=O) groups excluding carboxylic acids is 4. The second-order valence-electron chi connectivity index (χ2n) is 9.97. The second kappa shape index (κ2) is 15.9. The summed E-state index contributed by atoms with van der Waals surface area (Å²) in [5.74, 6) is -4.16. The molecule has 0 radical (unpaired) electrons. The van der Waals surface area contributed by atoms with Crippen LogP contribution in [0.1, 0.15) is 68.2 Å². The molecule has 0 rings (SSSR count). The van der Waals surface area contributed by atoms with Crippen LogP contribution in [0.25, 0.3) is 0 Å². The average molecular weight is 551 g/mol. The van der Waals surface area contributed by atoms with E-state index < -0.39 is 70.0 Å². The van der Waals surface area contributed by atoms with Crippen molar-refractivity contribution in [3.63, 3.8) is 0 Å². The van der Waals surface area contributed by atoms with E-state index in [0.29, 0.717) is 12.8 Å². The highest BCUT2D eigenvalue weighted by Crippen LogP contribution is 2.13. The molecule has 2 amide bonds. The van der Waals surface area contributed by atoms with Crippen LogP contribution in [-0.2, 0) is 38.9 Å². The number of amides is 2. The number of carbonyl (C=O) groups is 4. The fourth-order valence-electron chi connectivity index (χ4n) is 3.43. The normalized spacial score (nSPS) is 16.8. The molecule has 0 saturated carbocycles. The van der Waals surface area contributed by atoms with Crippen LogP contribution >= 0.6 is 0 Å². The summed E-state index contributed by atoms with van der Waals surface area (Å²) in [7, 11) is -1.97. The molecule has 0 bridgehead atoms. The van der Waals surface area contributed by atoms with E-state index in [2.05, 4.69) is 20.1 Å². The van der Waals surface area contributed by atoms with Crippen LogP contribution in [-0.4, -0.2) is 70.6 Å². The van der Waals surface area contributed by atoms with Crippen molar-refractivity contribution in [1.29, 1.82) is 0 Å². The molecule has 12 nitrogen and oxygen atoms in total. The van der Waals surface area contributed by atoms with Gasteiger partial charge >= 0.3 is 11.9 Å². The molecule has 216 valence electrons. The molecule has 13 heteroatoms. The third-order valence-electron chi connectivity index (χ3n) is 6.39. The van der Waals surface area contributed by atoms with Gasteiger partial charge in [0.15, 0.2) is 0 Å². The van der Waals surface area contributed by atoms with E-state index in [0.717, 1.165) is 0 Å². The van der Waals surface area contributed by atoms with Crippen molar-refractivity contribution in [2.45, 2.75) is 92.4 Å². The lowest BCUT2D eigenvalue weighted by Crippen LogP contribution is -2.60. The number of esters is 2. The van der Waals surface area contributed by atoms with Crippen LogP contribution in [0.4, 0.5) is 0 Å². The lowest BCUT2D eigenvalue weighted by atomic mass is 9.97. The molecular weight excluding hydrogens is 504 g/mol. The topological polar surface area (TPSA) is 169 Å². The van der Waals surface area contributed by atoms with E-state index in [1.165, 1.54) is 14.2 Å². The van der Waals surface area contributed by atoms with Crippen LogP contribution in [0.3, 0.4) is 0 Å². The molecule has 4 N–H and O–H groups in total. The van der Waals surface area contributed by atoms with Crippen molar-refractivity contribution in [1.82, 2.24) is 20.1 Å². The van der Waals surface area contributed by atoms with Gasteiger partial charge in [0.25, 0.3) is 10.2 Å². The monoisotopic (exact) mass is 550 g/mol. The Balaban J connectivity index is 5.79. The van der Waals surface area contributed by atoms with Gasteiger partial charge in [-0.1, -0.05) is 68.2 Å². The van der Waals surface area contributed by atoms with E-state index in [-0.39, 0.29) is 11.8 Å². The summed E-state index contributed by atoms with van der Waals surface area (Å²) < 4.78 is 40.2. The highest BCUT2D eigenvalue weighted by Gasteiger charge is 2.36. The van der Waals surface area contributed by atoms with Gasteiger partial charge in [-0.3, -0.25) is 9.59 Å². The molecule has 0 spiro atoms. The van der Waals surface area contributed by atoms with Crippen molar-refractivity contribution >= 4 is 34.0 Å². The predicted molar refractivity (Wildman–Crippen MR) is 139 cm³/mol. The maximum absolute atomic E-state index is 13.0. The minimum atomic E-state index is -4.39. The van der Waals surface area contributed by atoms with Crippen LogP contribution in [0.2, 0.25) is 0 Å². The Morgan fingerprint density at radius 1 is 0.622 bits per heavy atom. The van der Waals surface area contributed by atoms with Gasteiger partial charge in [0.2, 0.25) is 11.8 Å². The number of methoxy groups -OCH3 is 2. The Morgan fingerprint density at radius 2 is 0.919 bits per heavy atom. The number of ether oxygens (including phenoxy) is 2. The number of hydrogen-bond acceptors (Lipinski definition) is 8. The van der Waals surface area contributed by atoms with Crippen molar-refractivity contribution in [3.8, 4) is 0 Å². The molecule has 0 unspecified atom stereocenters. The molecule has 0 aromatic heterocycles. The Labute approximate surface area is 221 Å². The summed E-state index contributed by atoms with van der Waals surface area (Å²) in [4.78, 5) is 50.4. The van der Waals surface area contributed by atoms with Crippen molar-refractivity contribution in [2.24, 2.45) is 23.7 Å². The molecular formula is C24H46N4O8S. The Bertz CT molecular complexity index is 814. The summed E-state index contributed by atoms with van der Waals surface area (Å²) in [6.07, 6.45) is 1.15. The van der Waals surface area contributed by atoms with Crippen LogP contribution < -0.4 is 20.1 Å². The Hall–Kier alpha value is -2.25. The van der Waals surface area contributed by atoms with Crippen molar-refractivity contribution < 1.29 is 37.1 Å². The van der Waals surface area contributed by atoms with Crippen molar-refractivity contribution in [3.05, 3.63) is 0 Å². The number of hydrogen-bond donors (Lipinski definition) is 4. The molecule has 0 saturated heterocycles. The van der Waals surface area contributed by atoms with Crippen molar-refractivity contribution in [2.75, 3.05) is 14.2 Å². The maximum atomic E-state index is 13.0. The largest absolute Gasteiger partial charge is 0.467 e. The fraction of sp³-hybridized carbons (Fsp3) is 0.833. The van der Waals surface area contributed by atoms with Gasteiger partial charge in [-0.15, -0.1) is 0 Å². The first-order valence-corrected chi connectivity index (χ1v) is 14.1. The van der Waals surface area contributed by atoms with E-state index in [1.54, 1.807) is 41.5 Å². The molecule has 0 aliphatic rings. The Morgan fingerprint density at radius 3 is 1.14 bits per heavy atom. The summed E-state index contributed by atoms with van der Waals surface area (Å²) in [6.45, 7) is 13.8. The maximum Gasteiger partial charge on any atom is 0.328 e. The zero-order valence-electron chi connectivity index (χ0n) is 23.7. The standard InChI is InChI=1S/C24H46N4O8S/c1-11-15(7)19(23(31)35-9)25-21(29)17(13(3)4)27-37(33,34)28-18(14(5)6)22(30)26-20(16(8)12-2)24(32)36-10/h13-20,27-28H,11-12H2,1-10H3,(H,25,29)(H,26,30)/t15-,16-,17-,18-,19-,20-/m0/s1. The van der Waals surface area contributed by atoms with Gasteiger partial charge in [-0.05, 0) is 23.7 Å². The zero-order chi connectivity index (χ0) is 29.1. The molecule has 0 aromatic carbocycles. The quantitative estimate of drug-likeness (QED) is 0.205. The van der Waals surface area contributed by atoms with Gasteiger partial charge < -0.3 is 20.1 Å². The molecule has 0 aliphatic heterocycles. The lowest BCUT2D eigenvalue weighted by molar-refractivity contribution is -0.147. The van der Waals surface area contributed by atoms with Gasteiger partial charge in [0, 0.05) is 0 Å². The molecule has 0 heterocycles. The third kappa shape index (κ3) is 10.9. The first-order valence-electron chi connectivity index (χ1n) is 12.6. The summed E-state index contributed by atoms with van der Waals surface area (Å²) in [5.41, 5.74) is 0. The SMILES string of the molecule is CC[C@H](C)[C@H](NC(=O)[C@@H](NS(=O)(=O)N[C@H](C(=O)N[C@H](C(=O)OC)[C@@H](C)CC)C(C)C)C(C)C)C(=O)OC. The smallest absolute Gasteiger partial charge is 0.328 e. The van der Waals surface area contributed by atoms with Crippen LogP contribution in [0.15, 0.2) is 0 Å². The van der Waals surface area contributed by atoms with Gasteiger partial charge in [0.05, 0.1) is 14.2 Å². The van der Waals surface area contributed by atoms with E-state index in [1.807, 2.05) is 13.8 Å². The first kappa shape index (κ1) is 34.8. The number of nitrogens with one attached hydrogen (secondary N) is 4. The van der Waals surface area contributed by atoms with Gasteiger partial charge in [-0.2, -0.15) is 17.9 Å². The first-order chi connectivity index (χ1) is 17.1. The fourth-order valence-corrected chi connectivity index (χ4v) is 4.93. The average Bonchev–Trinajstić information content (AvgIpc) is 2.84. The summed E-state index contributed by atoms with van der Waals surface area (Å²) in [5, 5.41) is 5.17. The van der Waals surface area contributed by atoms with E-state index in [9.17, 15) is 27.6 Å². The summed E-state index contributed by atoms with van der Waals surface area (Å²) in [6, 6.07) is -4.39. The molecule has 37 heavy (non-hydrogen) atoms.